The molecule has 2 aromatic rings. The Balaban J connectivity index is 1.96. The number of aromatic nitrogens is 1. The largest absolute Gasteiger partial charge is 0.395 e. The highest BCUT2D eigenvalue weighted by atomic mass is 35.5. The van der Waals surface area contributed by atoms with E-state index in [-0.39, 0.29) is 6.04 Å². The number of nitrogens with zero attached hydrogens (tertiary/aromatic N) is 2. The molecule has 0 bridgehead atoms. The maximum Gasteiger partial charge on any atom is 0.0737 e. The van der Waals surface area contributed by atoms with E-state index in [0.717, 1.165) is 23.0 Å². The molecule has 0 aliphatic carbocycles. The first-order valence-corrected chi connectivity index (χ1v) is 8.22. The molecule has 1 atom stereocenters. The van der Waals surface area contributed by atoms with Gasteiger partial charge in [-0.1, -0.05) is 18.5 Å². The predicted molar refractivity (Wildman–Crippen MR) is 98.3 cm³/mol. The first-order chi connectivity index (χ1) is 12.6. The fourth-order valence-corrected chi connectivity index (χ4v) is 2.70. The summed E-state index contributed by atoms with van der Waals surface area (Å²) in [7, 11) is 0. The third-order valence-corrected chi connectivity index (χ3v) is 4.00. The molecule has 1 heterocycles. The second-order valence-corrected chi connectivity index (χ2v) is 5.95. The van der Waals surface area contributed by atoms with Gasteiger partial charge >= 0.3 is 0 Å². The molecule has 0 fully saturated rings. The third-order valence-electron chi connectivity index (χ3n) is 3.76. The summed E-state index contributed by atoms with van der Waals surface area (Å²) in [6.45, 7) is -0.895. The SMILES string of the molecule is [2H]C([2H])(O)C([2H])([2H])N(CC)CCCC(C)Nc1ccnc2cc(Cl)ccc12. The van der Waals surface area contributed by atoms with Crippen LogP contribution in [-0.2, 0) is 0 Å². The van der Waals surface area contributed by atoms with Gasteiger partial charge in [0.25, 0.3) is 0 Å². The molecular formula is C18H26ClN3O. The van der Waals surface area contributed by atoms with Crippen molar-refractivity contribution in [1.82, 2.24) is 9.88 Å². The molecule has 0 saturated carbocycles. The van der Waals surface area contributed by atoms with E-state index >= 15 is 0 Å². The van der Waals surface area contributed by atoms with E-state index in [1.165, 1.54) is 4.90 Å². The number of halogens is 1. The Morgan fingerprint density at radius 1 is 1.43 bits per heavy atom. The van der Waals surface area contributed by atoms with Crippen LogP contribution in [0.4, 0.5) is 5.69 Å². The van der Waals surface area contributed by atoms with Crippen molar-refractivity contribution in [3.8, 4) is 0 Å². The maximum absolute atomic E-state index is 9.46. The van der Waals surface area contributed by atoms with Crippen LogP contribution in [0.5, 0.6) is 0 Å². The van der Waals surface area contributed by atoms with Gasteiger partial charge in [-0.05, 0) is 57.1 Å². The van der Waals surface area contributed by atoms with Gasteiger partial charge in [-0.15, -0.1) is 0 Å². The third kappa shape index (κ3) is 5.34. The Kier molecular flexibility index (Phi) is 5.12. The monoisotopic (exact) mass is 339 g/mol. The molecule has 2 rings (SSSR count). The molecule has 0 amide bonds. The number of hydrogen-bond acceptors (Lipinski definition) is 4. The number of rotatable bonds is 9. The highest BCUT2D eigenvalue weighted by Gasteiger charge is 2.08. The molecule has 5 heteroatoms. The Morgan fingerprint density at radius 3 is 3.00 bits per heavy atom. The lowest BCUT2D eigenvalue weighted by Crippen LogP contribution is -2.28. The van der Waals surface area contributed by atoms with E-state index in [2.05, 4.69) is 10.3 Å². The lowest BCUT2D eigenvalue weighted by atomic mass is 10.1. The average Bonchev–Trinajstić information content (AvgIpc) is 2.57. The van der Waals surface area contributed by atoms with Gasteiger partial charge in [0.1, 0.15) is 0 Å². The van der Waals surface area contributed by atoms with Crippen LogP contribution >= 0.6 is 11.6 Å². The number of hydrogen-bond donors (Lipinski definition) is 2. The first-order valence-electron chi connectivity index (χ1n) is 9.84. The van der Waals surface area contributed by atoms with Crippen molar-refractivity contribution < 1.29 is 10.6 Å². The zero-order valence-corrected chi connectivity index (χ0v) is 14.3. The van der Waals surface area contributed by atoms with E-state index in [1.54, 1.807) is 13.1 Å². The standard InChI is InChI=1S/C18H26ClN3O/c1-3-22(11-12-23)10-4-5-14(2)21-17-8-9-20-18-13-15(19)6-7-16(17)18/h6-9,13-14,23H,3-5,10-12H2,1-2H3,(H,20,21)/i11D2,12D2. The Morgan fingerprint density at radius 2 is 2.26 bits per heavy atom. The van der Waals surface area contributed by atoms with Crippen LogP contribution in [-0.4, -0.2) is 47.2 Å². The summed E-state index contributed by atoms with van der Waals surface area (Å²) in [5.41, 5.74) is 1.77. The number of fused-ring (bicyclic) bond motifs is 1. The van der Waals surface area contributed by atoms with Gasteiger partial charge in [0.05, 0.1) is 14.8 Å². The molecular weight excluding hydrogens is 310 g/mol. The fraction of sp³-hybridized carbons (Fsp3) is 0.500. The van der Waals surface area contributed by atoms with E-state index in [9.17, 15) is 5.11 Å². The van der Waals surface area contributed by atoms with E-state index in [1.807, 2.05) is 31.2 Å². The zero-order valence-electron chi connectivity index (χ0n) is 17.5. The van der Waals surface area contributed by atoms with Gasteiger partial charge in [0.15, 0.2) is 0 Å². The van der Waals surface area contributed by atoms with Gasteiger partial charge in [0, 0.05) is 37.6 Å². The molecule has 0 radical (unpaired) electrons. The molecule has 0 aliphatic heterocycles. The van der Waals surface area contributed by atoms with E-state index in [4.69, 9.17) is 17.1 Å². The molecule has 126 valence electrons. The van der Waals surface area contributed by atoms with Crippen LogP contribution in [0, 0.1) is 0 Å². The van der Waals surface area contributed by atoms with Crippen molar-refractivity contribution in [3.05, 3.63) is 35.5 Å². The van der Waals surface area contributed by atoms with Crippen LogP contribution in [0.25, 0.3) is 10.9 Å². The van der Waals surface area contributed by atoms with Crippen molar-refractivity contribution in [2.24, 2.45) is 0 Å². The highest BCUT2D eigenvalue weighted by Crippen LogP contribution is 2.25. The number of likely N-dealkylation sites (N-methyl/N-ethyl adjacent to an activating group) is 1. The molecule has 23 heavy (non-hydrogen) atoms. The van der Waals surface area contributed by atoms with E-state index in [0.29, 0.717) is 24.5 Å². The van der Waals surface area contributed by atoms with E-state index < -0.39 is 13.1 Å². The van der Waals surface area contributed by atoms with Crippen LogP contribution < -0.4 is 5.32 Å². The molecule has 0 spiro atoms. The summed E-state index contributed by atoms with van der Waals surface area (Å²) in [5.74, 6) is 0. The second-order valence-electron chi connectivity index (χ2n) is 5.51. The number of pyridine rings is 1. The molecule has 1 unspecified atom stereocenters. The summed E-state index contributed by atoms with van der Waals surface area (Å²) < 4.78 is 30.3. The first kappa shape index (κ1) is 13.0. The van der Waals surface area contributed by atoms with Crippen LogP contribution in [0.2, 0.25) is 5.02 Å². The Bertz CT molecular complexity index is 770. The maximum atomic E-state index is 9.46. The number of nitrogens with one attached hydrogen (secondary N) is 1. The van der Waals surface area contributed by atoms with Crippen molar-refractivity contribution in [3.63, 3.8) is 0 Å². The normalized spacial score (nSPS) is 16.6. The Hall–Kier alpha value is -1.36. The Labute approximate surface area is 149 Å². The van der Waals surface area contributed by atoms with Crippen LogP contribution in [0.15, 0.2) is 30.5 Å². The summed E-state index contributed by atoms with van der Waals surface area (Å²) in [5, 5.41) is 14.5. The van der Waals surface area contributed by atoms with Gasteiger partial charge in [-0.2, -0.15) is 0 Å². The minimum Gasteiger partial charge on any atom is -0.395 e. The predicted octanol–water partition coefficient (Wildman–Crippen LogP) is 3.78. The number of anilines is 1. The smallest absolute Gasteiger partial charge is 0.0737 e. The van der Waals surface area contributed by atoms with Crippen molar-refractivity contribution in [1.29, 1.82) is 0 Å². The summed E-state index contributed by atoms with van der Waals surface area (Å²) in [4.78, 5) is 5.65. The van der Waals surface area contributed by atoms with Crippen LogP contribution in [0.3, 0.4) is 0 Å². The lowest BCUT2D eigenvalue weighted by molar-refractivity contribution is 0.199. The lowest BCUT2D eigenvalue weighted by Gasteiger charge is -2.21. The van der Waals surface area contributed by atoms with Crippen LogP contribution in [0.1, 0.15) is 32.2 Å². The van der Waals surface area contributed by atoms with Gasteiger partial charge in [-0.25, -0.2) is 0 Å². The number of aliphatic hydroxyl groups is 1. The zero-order chi connectivity index (χ0) is 20.2. The highest BCUT2D eigenvalue weighted by molar-refractivity contribution is 6.31. The molecule has 0 aliphatic rings. The van der Waals surface area contributed by atoms with Crippen molar-refractivity contribution in [2.75, 3.05) is 31.5 Å². The summed E-state index contributed by atoms with van der Waals surface area (Å²) >= 11 is 6.02. The quantitative estimate of drug-likeness (QED) is 0.730. The van der Waals surface area contributed by atoms with Gasteiger partial charge in [-0.3, -0.25) is 4.98 Å². The fourth-order valence-electron chi connectivity index (χ4n) is 2.54. The summed E-state index contributed by atoms with van der Waals surface area (Å²) in [6.07, 6.45) is 3.15. The van der Waals surface area contributed by atoms with Gasteiger partial charge in [0.2, 0.25) is 0 Å². The van der Waals surface area contributed by atoms with Crippen molar-refractivity contribution in [2.45, 2.75) is 32.7 Å². The average molecular weight is 340 g/mol. The van der Waals surface area contributed by atoms with Crippen molar-refractivity contribution >= 4 is 28.2 Å². The minimum absolute atomic E-state index is 0.127. The second kappa shape index (κ2) is 9.06. The number of benzene rings is 1. The minimum atomic E-state index is -2.91. The molecule has 1 aromatic carbocycles. The molecule has 0 saturated heterocycles. The molecule has 1 aromatic heterocycles. The molecule has 4 nitrogen and oxygen atoms in total. The molecule has 2 N–H and O–H groups in total. The topological polar surface area (TPSA) is 48.4 Å². The summed E-state index contributed by atoms with van der Waals surface area (Å²) in [6, 6.07) is 7.60. The van der Waals surface area contributed by atoms with Gasteiger partial charge < -0.3 is 15.3 Å².